The molecule has 0 atom stereocenters. The van der Waals surface area contributed by atoms with E-state index in [2.05, 4.69) is 10.2 Å². The van der Waals surface area contributed by atoms with Crippen LogP contribution in [0.5, 0.6) is 0 Å². The Morgan fingerprint density at radius 3 is 2.44 bits per heavy atom. The fourth-order valence-electron chi connectivity index (χ4n) is 2.94. The molecule has 1 N–H and O–H groups in total. The van der Waals surface area contributed by atoms with Gasteiger partial charge < -0.3 is 14.6 Å². The predicted octanol–water partition coefficient (Wildman–Crippen LogP) is 1.66. The molecule has 0 radical (unpaired) electrons. The third-order valence-electron chi connectivity index (χ3n) is 4.45. The quantitative estimate of drug-likeness (QED) is 0.898. The number of aryl methyl sites for hydroxylation is 1. The minimum atomic E-state index is -0.000529. The van der Waals surface area contributed by atoms with Crippen LogP contribution in [0.2, 0.25) is 0 Å². The molecule has 6 nitrogen and oxygen atoms in total. The third-order valence-corrected chi connectivity index (χ3v) is 4.45. The third kappa shape index (κ3) is 4.48. The number of amides is 2. The minimum Gasteiger partial charge on any atom is -0.469 e. The van der Waals surface area contributed by atoms with Gasteiger partial charge in [0.05, 0.1) is 18.4 Å². The summed E-state index contributed by atoms with van der Waals surface area (Å²) in [5.74, 6) is 0.654. The number of carbonyl (C=O) groups is 2. The van der Waals surface area contributed by atoms with Crippen molar-refractivity contribution in [3.8, 4) is 0 Å². The van der Waals surface area contributed by atoms with Crippen LogP contribution in [-0.4, -0.2) is 54.3 Å². The van der Waals surface area contributed by atoms with Gasteiger partial charge >= 0.3 is 0 Å². The Kier molecular flexibility index (Phi) is 5.50. The van der Waals surface area contributed by atoms with Crippen LogP contribution in [0.1, 0.15) is 21.7 Å². The first-order valence-electron chi connectivity index (χ1n) is 8.50. The van der Waals surface area contributed by atoms with Crippen LogP contribution in [0.3, 0.4) is 0 Å². The zero-order chi connectivity index (χ0) is 17.6. The zero-order valence-electron chi connectivity index (χ0n) is 14.4. The molecular formula is C19H23N3O3. The van der Waals surface area contributed by atoms with E-state index < -0.39 is 0 Å². The van der Waals surface area contributed by atoms with Gasteiger partial charge in [0, 0.05) is 32.7 Å². The summed E-state index contributed by atoms with van der Waals surface area (Å²) >= 11 is 0. The van der Waals surface area contributed by atoms with Crippen LogP contribution in [0.25, 0.3) is 0 Å². The lowest BCUT2D eigenvalue weighted by Crippen LogP contribution is -2.51. The number of furan rings is 1. The van der Waals surface area contributed by atoms with Gasteiger partial charge in [-0.25, -0.2) is 0 Å². The summed E-state index contributed by atoms with van der Waals surface area (Å²) in [6, 6.07) is 11.6. The molecule has 1 aliphatic heterocycles. The molecule has 1 fully saturated rings. The number of carbonyl (C=O) groups excluding carboxylic acids is 2. The highest BCUT2D eigenvalue weighted by Crippen LogP contribution is 2.13. The van der Waals surface area contributed by atoms with E-state index in [1.54, 1.807) is 13.0 Å². The number of hydrogen-bond donors (Lipinski definition) is 1. The topological polar surface area (TPSA) is 65.8 Å². The van der Waals surface area contributed by atoms with E-state index in [-0.39, 0.29) is 11.8 Å². The molecule has 2 amide bonds. The molecule has 132 valence electrons. The van der Waals surface area contributed by atoms with Crippen molar-refractivity contribution in [3.63, 3.8) is 0 Å². The molecule has 1 saturated heterocycles. The van der Waals surface area contributed by atoms with Gasteiger partial charge in [-0.2, -0.15) is 0 Å². The average molecular weight is 341 g/mol. The Hall–Kier alpha value is -2.60. The van der Waals surface area contributed by atoms with Gasteiger partial charge in [-0.3, -0.25) is 14.5 Å². The first kappa shape index (κ1) is 17.2. The maximum atomic E-state index is 12.4. The van der Waals surface area contributed by atoms with Crippen molar-refractivity contribution in [3.05, 3.63) is 59.5 Å². The molecule has 3 rings (SSSR count). The van der Waals surface area contributed by atoms with Gasteiger partial charge in [0.2, 0.25) is 5.91 Å². The van der Waals surface area contributed by atoms with Gasteiger partial charge in [0.15, 0.2) is 0 Å². The van der Waals surface area contributed by atoms with E-state index in [0.717, 1.165) is 5.56 Å². The first-order chi connectivity index (χ1) is 12.1. The molecule has 0 unspecified atom stereocenters. The van der Waals surface area contributed by atoms with Crippen LogP contribution >= 0.6 is 0 Å². The van der Waals surface area contributed by atoms with Gasteiger partial charge in [0.1, 0.15) is 5.76 Å². The fraction of sp³-hybridized carbons (Fsp3) is 0.368. The van der Waals surface area contributed by atoms with Gasteiger partial charge in [-0.05, 0) is 18.6 Å². The van der Waals surface area contributed by atoms with Crippen molar-refractivity contribution in [2.24, 2.45) is 0 Å². The van der Waals surface area contributed by atoms with Crippen molar-refractivity contribution < 1.29 is 14.0 Å². The Balaban J connectivity index is 1.42. The van der Waals surface area contributed by atoms with E-state index in [1.807, 2.05) is 35.2 Å². The van der Waals surface area contributed by atoms with Crippen molar-refractivity contribution >= 4 is 11.8 Å². The number of nitrogens with one attached hydrogen (secondary N) is 1. The number of piperazine rings is 1. The molecule has 1 aromatic heterocycles. The molecule has 1 aliphatic rings. The normalized spacial score (nSPS) is 15.2. The summed E-state index contributed by atoms with van der Waals surface area (Å²) in [6.07, 6.45) is 1.54. The maximum absolute atomic E-state index is 12.4. The zero-order valence-corrected chi connectivity index (χ0v) is 14.4. The SMILES string of the molecule is Cc1occc1C(=O)N1CCN(CC(=O)NCc2ccccc2)CC1. The largest absolute Gasteiger partial charge is 0.469 e. The van der Waals surface area contributed by atoms with E-state index in [0.29, 0.717) is 50.6 Å². The smallest absolute Gasteiger partial charge is 0.257 e. The summed E-state index contributed by atoms with van der Waals surface area (Å²) in [4.78, 5) is 28.4. The van der Waals surface area contributed by atoms with Crippen LogP contribution in [-0.2, 0) is 11.3 Å². The number of hydrogen-bond acceptors (Lipinski definition) is 4. The second-order valence-corrected chi connectivity index (χ2v) is 6.22. The molecule has 2 heterocycles. The molecule has 0 saturated carbocycles. The van der Waals surface area contributed by atoms with E-state index >= 15 is 0 Å². The summed E-state index contributed by atoms with van der Waals surface area (Å²) in [5.41, 5.74) is 1.70. The second kappa shape index (κ2) is 7.98. The van der Waals surface area contributed by atoms with Crippen molar-refractivity contribution in [2.75, 3.05) is 32.7 Å². The summed E-state index contributed by atoms with van der Waals surface area (Å²) in [5, 5.41) is 2.94. The molecule has 6 heteroatoms. The minimum absolute atomic E-state index is 0.000529. The highest BCUT2D eigenvalue weighted by atomic mass is 16.3. The highest BCUT2D eigenvalue weighted by Gasteiger charge is 2.24. The summed E-state index contributed by atoms with van der Waals surface area (Å²) in [7, 11) is 0. The van der Waals surface area contributed by atoms with E-state index in [4.69, 9.17) is 4.42 Å². The number of nitrogens with zero attached hydrogens (tertiary/aromatic N) is 2. The van der Waals surface area contributed by atoms with Crippen LogP contribution in [0, 0.1) is 6.92 Å². The Bertz CT molecular complexity index is 719. The Morgan fingerprint density at radius 2 is 1.80 bits per heavy atom. The van der Waals surface area contributed by atoms with Gasteiger partial charge in [-0.1, -0.05) is 30.3 Å². The van der Waals surface area contributed by atoms with E-state index in [1.165, 1.54) is 6.26 Å². The molecule has 25 heavy (non-hydrogen) atoms. The molecular weight excluding hydrogens is 318 g/mol. The molecule has 0 bridgehead atoms. The van der Waals surface area contributed by atoms with Gasteiger partial charge in [-0.15, -0.1) is 0 Å². The molecule has 0 spiro atoms. The monoisotopic (exact) mass is 341 g/mol. The number of rotatable bonds is 5. The van der Waals surface area contributed by atoms with Crippen molar-refractivity contribution in [1.29, 1.82) is 0 Å². The lowest BCUT2D eigenvalue weighted by atomic mass is 10.2. The van der Waals surface area contributed by atoms with E-state index in [9.17, 15) is 9.59 Å². The molecule has 0 aliphatic carbocycles. The number of benzene rings is 1. The standard InChI is InChI=1S/C19H23N3O3/c1-15-17(7-12-25-15)19(24)22-10-8-21(9-11-22)14-18(23)20-13-16-5-3-2-4-6-16/h2-7,12H,8-11,13-14H2,1H3,(H,20,23). The summed E-state index contributed by atoms with van der Waals surface area (Å²) in [6.45, 7) is 5.33. The summed E-state index contributed by atoms with van der Waals surface area (Å²) < 4.78 is 5.20. The predicted molar refractivity (Wildman–Crippen MR) is 94.1 cm³/mol. The average Bonchev–Trinajstić information content (AvgIpc) is 3.07. The lowest BCUT2D eigenvalue weighted by Gasteiger charge is -2.34. The lowest BCUT2D eigenvalue weighted by molar-refractivity contribution is -0.122. The highest BCUT2D eigenvalue weighted by molar-refractivity contribution is 5.95. The molecule has 1 aromatic carbocycles. The maximum Gasteiger partial charge on any atom is 0.257 e. The Labute approximate surface area is 147 Å². The Morgan fingerprint density at radius 1 is 1.08 bits per heavy atom. The van der Waals surface area contributed by atoms with Gasteiger partial charge in [0.25, 0.3) is 5.91 Å². The van der Waals surface area contributed by atoms with Crippen molar-refractivity contribution in [1.82, 2.24) is 15.1 Å². The van der Waals surface area contributed by atoms with Crippen LogP contribution < -0.4 is 5.32 Å². The second-order valence-electron chi connectivity index (χ2n) is 6.22. The van der Waals surface area contributed by atoms with Crippen LogP contribution in [0.15, 0.2) is 47.1 Å². The fourth-order valence-corrected chi connectivity index (χ4v) is 2.94. The van der Waals surface area contributed by atoms with Crippen molar-refractivity contribution in [2.45, 2.75) is 13.5 Å². The first-order valence-corrected chi connectivity index (χ1v) is 8.50. The van der Waals surface area contributed by atoms with Crippen LogP contribution in [0.4, 0.5) is 0 Å². The molecule has 2 aromatic rings.